The number of hydrogen-bond acceptors (Lipinski definition) is 4. The van der Waals surface area contributed by atoms with E-state index in [1.807, 2.05) is 12.1 Å². The first-order valence-electron chi connectivity index (χ1n) is 7.10. The molecule has 1 atom stereocenters. The van der Waals surface area contributed by atoms with Crippen molar-refractivity contribution in [1.29, 1.82) is 0 Å². The highest BCUT2D eigenvalue weighted by molar-refractivity contribution is 5.29. The summed E-state index contributed by atoms with van der Waals surface area (Å²) in [7, 11) is 1.65. The summed E-state index contributed by atoms with van der Waals surface area (Å²) in [5.41, 5.74) is 2.42. The van der Waals surface area contributed by atoms with Crippen molar-refractivity contribution >= 4 is 0 Å². The van der Waals surface area contributed by atoms with E-state index in [-0.39, 0.29) is 12.5 Å². The van der Waals surface area contributed by atoms with Crippen molar-refractivity contribution in [2.24, 2.45) is 0 Å². The smallest absolute Gasteiger partial charge is 0.0701 e. The van der Waals surface area contributed by atoms with Gasteiger partial charge in [-0.25, -0.2) is 0 Å². The maximum atomic E-state index is 9.51. The van der Waals surface area contributed by atoms with Crippen molar-refractivity contribution in [3.8, 4) is 0 Å². The molecule has 0 aliphatic carbocycles. The maximum Gasteiger partial charge on any atom is 0.0701 e. The van der Waals surface area contributed by atoms with Crippen LogP contribution in [0.5, 0.6) is 0 Å². The summed E-state index contributed by atoms with van der Waals surface area (Å²) in [6.07, 6.45) is 0.819. The van der Waals surface area contributed by atoms with Crippen LogP contribution in [0, 0.1) is 6.92 Å². The predicted octanol–water partition coefficient (Wildman–Crippen LogP) is 2.14. The first kappa shape index (κ1) is 17.1. The van der Waals surface area contributed by atoms with Gasteiger partial charge in [0.25, 0.3) is 0 Å². The molecule has 0 aliphatic rings. The van der Waals surface area contributed by atoms with Crippen LogP contribution < -0.4 is 0 Å². The number of aliphatic hydroxyl groups excluding tert-OH is 1. The minimum absolute atomic E-state index is 0.144. The Balaban J connectivity index is 2.18. The largest absolute Gasteiger partial charge is 0.396 e. The molecule has 0 heterocycles. The minimum Gasteiger partial charge on any atom is -0.396 e. The van der Waals surface area contributed by atoms with Crippen LogP contribution in [0.4, 0.5) is 0 Å². The lowest BCUT2D eigenvalue weighted by Crippen LogP contribution is -2.12. The Morgan fingerprint density at radius 2 is 1.65 bits per heavy atom. The summed E-state index contributed by atoms with van der Waals surface area (Å²) in [6, 6.07) is 8.17. The van der Waals surface area contributed by atoms with E-state index < -0.39 is 0 Å². The first-order valence-corrected chi connectivity index (χ1v) is 7.10. The molecule has 0 bridgehead atoms. The number of benzene rings is 1. The van der Waals surface area contributed by atoms with Gasteiger partial charge in [-0.3, -0.25) is 0 Å². The lowest BCUT2D eigenvalue weighted by molar-refractivity contribution is 0.0223. The van der Waals surface area contributed by atoms with Crippen molar-refractivity contribution in [2.45, 2.75) is 19.3 Å². The van der Waals surface area contributed by atoms with Crippen molar-refractivity contribution in [1.82, 2.24) is 0 Å². The van der Waals surface area contributed by atoms with Crippen LogP contribution in [0.2, 0.25) is 0 Å². The van der Waals surface area contributed by atoms with Gasteiger partial charge < -0.3 is 19.3 Å². The average Bonchev–Trinajstić information content (AvgIpc) is 2.47. The van der Waals surface area contributed by atoms with E-state index in [2.05, 4.69) is 19.1 Å². The molecular formula is C16H26O4. The Morgan fingerprint density at radius 1 is 1.00 bits per heavy atom. The SMILES string of the molecule is COCCOCCOCCC(CO)c1ccccc1C. The summed E-state index contributed by atoms with van der Waals surface area (Å²) in [5.74, 6) is 0.144. The lowest BCUT2D eigenvalue weighted by Gasteiger charge is -2.17. The Kier molecular flexibility index (Phi) is 9.24. The van der Waals surface area contributed by atoms with E-state index >= 15 is 0 Å². The highest BCUT2D eigenvalue weighted by Gasteiger charge is 2.12. The maximum absolute atomic E-state index is 9.51. The van der Waals surface area contributed by atoms with Gasteiger partial charge in [0.15, 0.2) is 0 Å². The quantitative estimate of drug-likeness (QED) is 0.632. The molecule has 20 heavy (non-hydrogen) atoms. The number of rotatable bonds is 11. The third kappa shape index (κ3) is 6.48. The second-order valence-electron chi connectivity index (χ2n) is 4.74. The highest BCUT2D eigenvalue weighted by Crippen LogP contribution is 2.22. The zero-order chi connectivity index (χ0) is 14.6. The van der Waals surface area contributed by atoms with Gasteiger partial charge in [-0.05, 0) is 24.5 Å². The van der Waals surface area contributed by atoms with E-state index in [1.54, 1.807) is 7.11 Å². The van der Waals surface area contributed by atoms with Gasteiger partial charge in [-0.1, -0.05) is 24.3 Å². The van der Waals surface area contributed by atoms with Crippen molar-refractivity contribution in [3.63, 3.8) is 0 Å². The second kappa shape index (κ2) is 10.8. The second-order valence-corrected chi connectivity index (χ2v) is 4.74. The monoisotopic (exact) mass is 282 g/mol. The molecule has 1 unspecified atom stereocenters. The number of aryl methyl sites for hydroxylation is 1. The molecular weight excluding hydrogens is 256 g/mol. The molecule has 1 aromatic carbocycles. The first-order chi connectivity index (χ1) is 9.79. The fraction of sp³-hybridized carbons (Fsp3) is 0.625. The number of methoxy groups -OCH3 is 1. The Bertz CT molecular complexity index is 354. The van der Waals surface area contributed by atoms with E-state index in [0.29, 0.717) is 33.0 Å². The summed E-state index contributed by atoms with van der Waals surface area (Å²) in [6.45, 7) is 5.23. The fourth-order valence-electron chi connectivity index (χ4n) is 2.08. The molecule has 0 aromatic heterocycles. The van der Waals surface area contributed by atoms with Gasteiger partial charge in [-0.15, -0.1) is 0 Å². The standard InChI is InChI=1S/C16H26O4/c1-14-5-3-4-6-16(14)15(13-17)7-8-19-11-12-20-10-9-18-2/h3-6,15,17H,7-13H2,1-2H3. The zero-order valence-electron chi connectivity index (χ0n) is 12.5. The van der Waals surface area contributed by atoms with Crippen LogP contribution in [-0.4, -0.2) is 51.9 Å². The molecule has 0 spiro atoms. The Labute approximate surface area is 121 Å². The van der Waals surface area contributed by atoms with Gasteiger partial charge in [-0.2, -0.15) is 0 Å². The lowest BCUT2D eigenvalue weighted by atomic mass is 9.93. The molecule has 0 fully saturated rings. The molecule has 0 amide bonds. The fourth-order valence-corrected chi connectivity index (χ4v) is 2.08. The summed E-state index contributed by atoms with van der Waals surface area (Å²) in [4.78, 5) is 0. The van der Waals surface area contributed by atoms with Crippen LogP contribution in [0.3, 0.4) is 0 Å². The number of aliphatic hydroxyl groups is 1. The van der Waals surface area contributed by atoms with E-state index in [9.17, 15) is 5.11 Å². The molecule has 1 aromatic rings. The van der Waals surface area contributed by atoms with E-state index in [1.165, 1.54) is 11.1 Å². The van der Waals surface area contributed by atoms with E-state index in [0.717, 1.165) is 6.42 Å². The highest BCUT2D eigenvalue weighted by atomic mass is 16.5. The Morgan fingerprint density at radius 3 is 2.30 bits per heavy atom. The number of hydrogen-bond donors (Lipinski definition) is 1. The zero-order valence-corrected chi connectivity index (χ0v) is 12.5. The molecule has 0 saturated heterocycles. The van der Waals surface area contributed by atoms with Crippen LogP contribution in [0.1, 0.15) is 23.5 Å². The van der Waals surface area contributed by atoms with Gasteiger partial charge in [0.2, 0.25) is 0 Å². The summed E-state index contributed by atoms with van der Waals surface area (Å²) in [5, 5.41) is 9.51. The van der Waals surface area contributed by atoms with Crippen molar-refractivity contribution in [3.05, 3.63) is 35.4 Å². The molecule has 0 aliphatic heterocycles. The average molecular weight is 282 g/mol. The van der Waals surface area contributed by atoms with Crippen LogP contribution in [-0.2, 0) is 14.2 Å². The summed E-state index contributed by atoms with van der Waals surface area (Å²) < 4.78 is 15.7. The van der Waals surface area contributed by atoms with Gasteiger partial charge in [0.05, 0.1) is 33.0 Å². The topological polar surface area (TPSA) is 47.9 Å². The van der Waals surface area contributed by atoms with Gasteiger partial charge >= 0.3 is 0 Å². The molecule has 4 heteroatoms. The number of ether oxygens (including phenoxy) is 3. The van der Waals surface area contributed by atoms with Crippen LogP contribution in [0.25, 0.3) is 0 Å². The molecule has 4 nitrogen and oxygen atoms in total. The molecule has 1 rings (SSSR count). The van der Waals surface area contributed by atoms with E-state index in [4.69, 9.17) is 14.2 Å². The third-order valence-corrected chi connectivity index (χ3v) is 3.26. The van der Waals surface area contributed by atoms with Crippen molar-refractivity contribution < 1.29 is 19.3 Å². The van der Waals surface area contributed by atoms with Gasteiger partial charge in [0, 0.05) is 19.6 Å². The normalized spacial score (nSPS) is 12.6. The third-order valence-electron chi connectivity index (χ3n) is 3.26. The van der Waals surface area contributed by atoms with Crippen LogP contribution in [0.15, 0.2) is 24.3 Å². The molecule has 114 valence electrons. The minimum atomic E-state index is 0.144. The molecule has 1 N–H and O–H groups in total. The Hall–Kier alpha value is -0.940. The van der Waals surface area contributed by atoms with Crippen LogP contribution >= 0.6 is 0 Å². The summed E-state index contributed by atoms with van der Waals surface area (Å²) >= 11 is 0. The molecule has 0 radical (unpaired) electrons. The van der Waals surface area contributed by atoms with Crippen molar-refractivity contribution in [2.75, 3.05) is 46.8 Å². The molecule has 0 saturated carbocycles. The predicted molar refractivity (Wildman–Crippen MR) is 79.1 cm³/mol. The van der Waals surface area contributed by atoms with Gasteiger partial charge in [0.1, 0.15) is 0 Å².